The summed E-state index contributed by atoms with van der Waals surface area (Å²) in [6.45, 7) is 12.4. The number of rotatable bonds is 3. The van der Waals surface area contributed by atoms with E-state index in [-0.39, 0.29) is 5.91 Å². The van der Waals surface area contributed by atoms with E-state index in [1.54, 1.807) is 12.4 Å². The number of pyridine rings is 2. The van der Waals surface area contributed by atoms with E-state index >= 15 is 0 Å². The van der Waals surface area contributed by atoms with Gasteiger partial charge in [-0.2, -0.15) is 0 Å². The third-order valence-corrected chi connectivity index (χ3v) is 12.1. The summed E-state index contributed by atoms with van der Waals surface area (Å²) in [6, 6.07) is 10.8. The van der Waals surface area contributed by atoms with Crippen molar-refractivity contribution in [3.05, 3.63) is 59.5 Å². The number of nitrogens with one attached hydrogen (secondary N) is 1. The molecule has 1 saturated carbocycles. The molecule has 8 rings (SSSR count). The maximum absolute atomic E-state index is 13.9. The Hall–Kier alpha value is -4.02. The van der Waals surface area contributed by atoms with Crippen LogP contribution in [0.25, 0.3) is 22.3 Å². The van der Waals surface area contributed by atoms with Gasteiger partial charge >= 0.3 is 0 Å². The second-order valence-corrected chi connectivity index (χ2v) is 15.5. The summed E-state index contributed by atoms with van der Waals surface area (Å²) >= 11 is 0. The van der Waals surface area contributed by atoms with Crippen molar-refractivity contribution in [1.82, 2.24) is 24.4 Å². The standard InChI is InChI=1S/C40H51N7O3/c1-26-6-5-17-50-37-7-12-41-24-32(37)33-20-29(19-28(3)42-33)38(48)44-39-43-34-18-27(2)35(23-36(34)47(39)25-26)46-15-10-40(11-16-46)8-13-45(14-9-40)30-21-31(22-30)49-4/h7,12,18-20,23-24,26,30-31H,5-6,8-11,13-17,21-22,25H2,1-4H3,(H,43,44,48)/t26-,30?,31?/m1/s1. The maximum atomic E-state index is 13.9. The van der Waals surface area contributed by atoms with Gasteiger partial charge in [0.15, 0.2) is 0 Å². The normalized spacial score (nSPS) is 24.4. The fourth-order valence-corrected chi connectivity index (χ4v) is 8.83. The second-order valence-electron chi connectivity index (χ2n) is 15.5. The van der Waals surface area contributed by atoms with Crippen molar-refractivity contribution in [2.45, 2.75) is 90.8 Å². The minimum atomic E-state index is -0.206. The van der Waals surface area contributed by atoms with E-state index in [1.807, 2.05) is 32.2 Å². The number of aryl methyl sites for hydroxylation is 2. The minimum absolute atomic E-state index is 0.206. The van der Waals surface area contributed by atoms with Gasteiger partial charge < -0.3 is 23.8 Å². The van der Waals surface area contributed by atoms with Crippen LogP contribution < -0.4 is 15.0 Å². The van der Waals surface area contributed by atoms with Gasteiger partial charge in [0.2, 0.25) is 5.95 Å². The molecule has 1 amide bonds. The molecule has 1 aliphatic carbocycles. The first-order valence-corrected chi connectivity index (χ1v) is 18.7. The van der Waals surface area contributed by atoms with Crippen LogP contribution in [0, 0.1) is 25.2 Å². The van der Waals surface area contributed by atoms with Gasteiger partial charge in [-0.25, -0.2) is 4.98 Å². The van der Waals surface area contributed by atoms with Crippen LogP contribution in [0.4, 0.5) is 11.6 Å². The number of benzene rings is 1. The zero-order chi connectivity index (χ0) is 34.4. The SMILES string of the molecule is COC1CC(N2CCC3(CCN(c4cc5c(cc4C)nc4n5C[C@H](C)CCCOc5ccncc5-c5cc(cc(C)n5)C(=O)N4)CC3)CC2)C1. The molecule has 3 fully saturated rings. The molecule has 4 aliphatic rings. The molecule has 3 aromatic heterocycles. The zero-order valence-electron chi connectivity index (χ0n) is 30.1. The number of methoxy groups -OCH3 is 1. The number of anilines is 2. The van der Waals surface area contributed by atoms with Gasteiger partial charge in [-0.15, -0.1) is 0 Å². The van der Waals surface area contributed by atoms with E-state index in [0.29, 0.717) is 41.2 Å². The Morgan fingerprint density at radius 2 is 1.78 bits per heavy atom. The lowest BCUT2D eigenvalue weighted by Gasteiger charge is -2.51. The number of fused-ring (bicyclic) bond motifs is 7. The van der Waals surface area contributed by atoms with Crippen LogP contribution in [-0.4, -0.2) is 82.4 Å². The van der Waals surface area contributed by atoms with E-state index in [0.717, 1.165) is 66.6 Å². The molecular formula is C40H51N7O3. The average molecular weight is 678 g/mol. The molecule has 10 nitrogen and oxygen atoms in total. The molecule has 2 saturated heterocycles. The van der Waals surface area contributed by atoms with Gasteiger partial charge in [-0.05, 0) is 126 Å². The number of hydrogen-bond donors (Lipinski definition) is 1. The zero-order valence-corrected chi connectivity index (χ0v) is 30.1. The Morgan fingerprint density at radius 3 is 2.56 bits per heavy atom. The summed E-state index contributed by atoms with van der Waals surface area (Å²) in [5, 5.41) is 3.20. The van der Waals surface area contributed by atoms with E-state index in [1.165, 1.54) is 62.9 Å². The second kappa shape index (κ2) is 13.6. The quantitative estimate of drug-likeness (QED) is 0.247. The van der Waals surface area contributed by atoms with Crippen molar-refractivity contribution in [2.75, 3.05) is 50.1 Å². The van der Waals surface area contributed by atoms with Crippen molar-refractivity contribution in [1.29, 1.82) is 0 Å². The fourth-order valence-electron chi connectivity index (χ4n) is 8.83. The number of piperidine rings is 2. The lowest BCUT2D eigenvalue weighted by Crippen LogP contribution is -2.54. The van der Waals surface area contributed by atoms with E-state index in [2.05, 4.69) is 50.6 Å². The number of amides is 1. The Labute approximate surface area is 295 Å². The smallest absolute Gasteiger partial charge is 0.258 e. The highest BCUT2D eigenvalue weighted by Gasteiger charge is 2.42. The number of carbonyl (C=O) groups is 1. The molecule has 264 valence electrons. The number of ether oxygens (including phenoxy) is 2. The summed E-state index contributed by atoms with van der Waals surface area (Å²) in [5.74, 6) is 1.47. The Balaban J connectivity index is 1.04. The van der Waals surface area contributed by atoms with Crippen LogP contribution in [0.3, 0.4) is 0 Å². The number of hydrogen-bond acceptors (Lipinski definition) is 8. The van der Waals surface area contributed by atoms with E-state index in [4.69, 9.17) is 19.4 Å². The highest BCUT2D eigenvalue weighted by molar-refractivity contribution is 6.05. The number of carbonyl (C=O) groups excluding carboxylic acids is 1. The average Bonchev–Trinajstić information content (AvgIpc) is 3.41. The summed E-state index contributed by atoms with van der Waals surface area (Å²) in [7, 11) is 1.85. The Kier molecular flexibility index (Phi) is 9.02. The molecule has 4 aromatic rings. The topological polar surface area (TPSA) is 97.6 Å². The minimum Gasteiger partial charge on any atom is -0.493 e. The summed E-state index contributed by atoms with van der Waals surface area (Å²) in [4.78, 5) is 33.3. The fraction of sp³-hybridized carbons (Fsp3) is 0.550. The van der Waals surface area contributed by atoms with Gasteiger partial charge in [0.1, 0.15) is 5.75 Å². The third kappa shape index (κ3) is 6.48. The molecule has 2 bridgehead atoms. The molecule has 1 N–H and O–H groups in total. The van der Waals surface area contributed by atoms with E-state index in [9.17, 15) is 4.79 Å². The van der Waals surface area contributed by atoms with Crippen LogP contribution in [0.15, 0.2) is 42.7 Å². The summed E-state index contributed by atoms with van der Waals surface area (Å²) in [5.41, 5.74) is 7.71. The molecule has 10 heteroatoms. The highest BCUT2D eigenvalue weighted by atomic mass is 16.5. The van der Waals surface area contributed by atoms with Crippen molar-refractivity contribution in [2.24, 2.45) is 11.3 Å². The number of likely N-dealkylation sites (tertiary alicyclic amines) is 1. The molecule has 6 heterocycles. The first-order chi connectivity index (χ1) is 24.3. The third-order valence-electron chi connectivity index (χ3n) is 12.1. The van der Waals surface area contributed by atoms with Crippen molar-refractivity contribution < 1.29 is 14.3 Å². The molecule has 1 spiro atoms. The van der Waals surface area contributed by atoms with Crippen LogP contribution >= 0.6 is 0 Å². The first-order valence-electron chi connectivity index (χ1n) is 18.7. The molecule has 1 aromatic carbocycles. The molecule has 1 atom stereocenters. The number of aromatic nitrogens is 4. The highest BCUT2D eigenvalue weighted by Crippen LogP contribution is 2.45. The molecule has 0 unspecified atom stereocenters. The molecular weight excluding hydrogens is 626 g/mol. The van der Waals surface area contributed by atoms with Gasteiger partial charge in [0.25, 0.3) is 5.91 Å². The first kappa shape index (κ1) is 33.1. The Morgan fingerprint density at radius 1 is 1.00 bits per heavy atom. The van der Waals surface area contributed by atoms with Gasteiger partial charge in [0.05, 0.1) is 35.0 Å². The molecule has 50 heavy (non-hydrogen) atoms. The van der Waals surface area contributed by atoms with Crippen LogP contribution in [0.1, 0.15) is 79.9 Å². The largest absolute Gasteiger partial charge is 0.493 e. The van der Waals surface area contributed by atoms with Crippen LogP contribution in [-0.2, 0) is 11.3 Å². The molecule has 0 radical (unpaired) electrons. The van der Waals surface area contributed by atoms with Crippen molar-refractivity contribution >= 4 is 28.6 Å². The summed E-state index contributed by atoms with van der Waals surface area (Å²) in [6.07, 6.45) is 13.4. The van der Waals surface area contributed by atoms with Gasteiger partial charge in [-0.1, -0.05) is 6.92 Å². The van der Waals surface area contributed by atoms with Crippen LogP contribution in [0.2, 0.25) is 0 Å². The van der Waals surface area contributed by atoms with Gasteiger partial charge in [0, 0.05) is 62.1 Å². The lowest BCUT2D eigenvalue weighted by atomic mass is 9.70. The van der Waals surface area contributed by atoms with Crippen molar-refractivity contribution in [3.8, 4) is 17.0 Å². The summed E-state index contributed by atoms with van der Waals surface area (Å²) < 4.78 is 14.0. The predicted octanol–water partition coefficient (Wildman–Crippen LogP) is 7.03. The van der Waals surface area contributed by atoms with E-state index < -0.39 is 0 Å². The van der Waals surface area contributed by atoms with Crippen molar-refractivity contribution in [3.63, 3.8) is 0 Å². The van der Waals surface area contributed by atoms with Gasteiger partial charge in [-0.3, -0.25) is 20.1 Å². The number of imidazole rings is 1. The monoisotopic (exact) mass is 677 g/mol. The molecule has 3 aliphatic heterocycles. The number of nitrogens with zero attached hydrogens (tertiary/aromatic N) is 6. The van der Waals surface area contributed by atoms with Crippen LogP contribution in [0.5, 0.6) is 5.75 Å². The Bertz CT molecular complexity index is 1860. The maximum Gasteiger partial charge on any atom is 0.258 e. The lowest BCUT2D eigenvalue weighted by molar-refractivity contribution is -0.0480. The predicted molar refractivity (Wildman–Crippen MR) is 197 cm³/mol.